The second-order valence-corrected chi connectivity index (χ2v) is 6.50. The first-order valence-electron chi connectivity index (χ1n) is 5.47. The molecule has 1 aromatic carbocycles. The average Bonchev–Trinajstić information content (AvgIpc) is 2.26. The van der Waals surface area contributed by atoms with Crippen LogP contribution in [0.2, 0.25) is 0 Å². The molecule has 6 nitrogen and oxygen atoms in total. The summed E-state index contributed by atoms with van der Waals surface area (Å²) in [7, 11) is -3.01. The van der Waals surface area contributed by atoms with Crippen molar-refractivity contribution in [3.05, 3.63) is 34.4 Å². The van der Waals surface area contributed by atoms with Crippen molar-refractivity contribution in [3.63, 3.8) is 0 Å². The molecule has 18 heavy (non-hydrogen) atoms. The number of hydrogen-bond donors (Lipinski definition) is 1. The maximum absolute atomic E-state index is 11.0. The molecule has 0 heterocycles. The molecular formula is C11H16N2O4S. The van der Waals surface area contributed by atoms with Gasteiger partial charge in [0.1, 0.15) is 15.5 Å². The van der Waals surface area contributed by atoms with Gasteiger partial charge in [-0.1, -0.05) is 12.1 Å². The number of nitrogens with one attached hydrogen (secondary N) is 1. The van der Waals surface area contributed by atoms with Crippen LogP contribution in [0.5, 0.6) is 0 Å². The Labute approximate surface area is 106 Å². The van der Waals surface area contributed by atoms with Crippen LogP contribution in [0.15, 0.2) is 24.3 Å². The molecule has 0 aliphatic rings. The zero-order chi connectivity index (χ0) is 13.8. The van der Waals surface area contributed by atoms with E-state index in [0.29, 0.717) is 12.1 Å². The minimum atomic E-state index is -3.01. The number of rotatable bonds is 6. The summed E-state index contributed by atoms with van der Waals surface area (Å²) in [5, 5.41) is 13.7. The maximum Gasteiger partial charge on any atom is 0.292 e. The molecule has 0 aliphatic heterocycles. The highest BCUT2D eigenvalue weighted by molar-refractivity contribution is 7.90. The van der Waals surface area contributed by atoms with Gasteiger partial charge in [-0.2, -0.15) is 0 Å². The molecule has 0 aliphatic carbocycles. The first-order chi connectivity index (χ1) is 8.29. The summed E-state index contributed by atoms with van der Waals surface area (Å²) in [4.78, 5) is 10.3. The maximum atomic E-state index is 11.0. The Bertz CT molecular complexity index is 528. The molecule has 0 aromatic heterocycles. The summed E-state index contributed by atoms with van der Waals surface area (Å²) in [6, 6.07) is 6.14. The van der Waals surface area contributed by atoms with Gasteiger partial charge in [-0.3, -0.25) is 10.1 Å². The minimum absolute atomic E-state index is 0.0105. The molecule has 0 bridgehead atoms. The third-order valence-corrected chi connectivity index (χ3v) is 3.40. The Hall–Kier alpha value is -1.63. The van der Waals surface area contributed by atoms with Crippen molar-refractivity contribution < 1.29 is 13.3 Å². The van der Waals surface area contributed by atoms with Crippen molar-refractivity contribution >= 4 is 21.2 Å². The van der Waals surface area contributed by atoms with Crippen LogP contribution in [0.25, 0.3) is 0 Å². The molecule has 1 N–H and O–H groups in total. The second kappa shape index (κ2) is 5.81. The monoisotopic (exact) mass is 272 g/mol. The molecule has 0 saturated carbocycles. The molecule has 0 saturated heterocycles. The van der Waals surface area contributed by atoms with Crippen molar-refractivity contribution in [1.29, 1.82) is 0 Å². The largest absolute Gasteiger partial charge is 0.377 e. The van der Waals surface area contributed by atoms with Crippen LogP contribution in [0, 0.1) is 10.1 Å². The zero-order valence-corrected chi connectivity index (χ0v) is 11.1. The summed E-state index contributed by atoms with van der Waals surface area (Å²) < 4.78 is 22.1. The number of anilines is 1. The number of para-hydroxylation sites is 2. The molecular weight excluding hydrogens is 256 g/mol. The molecule has 0 amide bonds. The van der Waals surface area contributed by atoms with E-state index in [0.717, 1.165) is 0 Å². The molecule has 1 atom stereocenters. The van der Waals surface area contributed by atoms with Gasteiger partial charge in [-0.15, -0.1) is 0 Å². The molecule has 0 radical (unpaired) electrons. The predicted octanol–water partition coefficient (Wildman–Crippen LogP) is 1.83. The van der Waals surface area contributed by atoms with Crippen LogP contribution in [-0.2, 0) is 9.84 Å². The van der Waals surface area contributed by atoms with Crippen LogP contribution in [-0.4, -0.2) is 31.4 Å². The van der Waals surface area contributed by atoms with Gasteiger partial charge < -0.3 is 5.32 Å². The smallest absolute Gasteiger partial charge is 0.292 e. The van der Waals surface area contributed by atoms with E-state index in [2.05, 4.69) is 5.32 Å². The van der Waals surface area contributed by atoms with Crippen molar-refractivity contribution in [2.75, 3.05) is 17.3 Å². The molecule has 1 aromatic rings. The molecule has 7 heteroatoms. The molecule has 1 rings (SSSR count). The lowest BCUT2D eigenvalue weighted by molar-refractivity contribution is -0.384. The Morgan fingerprint density at radius 3 is 2.56 bits per heavy atom. The number of nitro groups is 1. The van der Waals surface area contributed by atoms with E-state index in [1.165, 1.54) is 12.3 Å². The van der Waals surface area contributed by atoms with Crippen LogP contribution in [0.3, 0.4) is 0 Å². The standard InChI is InChI=1S/C11H16N2O4S/c1-9(7-8-18(2,16)17)12-10-5-3-4-6-11(10)13(14)15/h3-6,9,12H,7-8H2,1-2H3. The summed E-state index contributed by atoms with van der Waals surface area (Å²) in [5.74, 6) is 0.0573. The zero-order valence-electron chi connectivity index (χ0n) is 10.3. The van der Waals surface area contributed by atoms with Crippen molar-refractivity contribution in [2.45, 2.75) is 19.4 Å². The van der Waals surface area contributed by atoms with Gasteiger partial charge >= 0.3 is 0 Å². The fraction of sp³-hybridized carbons (Fsp3) is 0.455. The van der Waals surface area contributed by atoms with Crippen molar-refractivity contribution in [1.82, 2.24) is 0 Å². The van der Waals surface area contributed by atoms with Crippen LogP contribution < -0.4 is 5.32 Å². The van der Waals surface area contributed by atoms with Crippen LogP contribution in [0.1, 0.15) is 13.3 Å². The summed E-state index contributed by atoms with van der Waals surface area (Å²) in [5.41, 5.74) is 0.396. The number of sulfone groups is 1. The number of nitrogens with zero attached hydrogens (tertiary/aromatic N) is 1. The SMILES string of the molecule is CC(CCS(C)(=O)=O)Nc1ccccc1[N+](=O)[O-]. The van der Waals surface area contributed by atoms with Gasteiger partial charge in [-0.05, 0) is 19.4 Å². The number of nitro benzene ring substituents is 1. The lowest BCUT2D eigenvalue weighted by Gasteiger charge is -2.14. The quantitative estimate of drug-likeness (QED) is 0.630. The normalized spacial score (nSPS) is 13.0. The predicted molar refractivity (Wildman–Crippen MR) is 70.5 cm³/mol. The summed E-state index contributed by atoms with van der Waals surface area (Å²) in [6.07, 6.45) is 1.58. The third-order valence-electron chi connectivity index (χ3n) is 2.42. The topological polar surface area (TPSA) is 89.3 Å². The van der Waals surface area contributed by atoms with Gasteiger partial charge in [0.25, 0.3) is 5.69 Å². The van der Waals surface area contributed by atoms with E-state index in [4.69, 9.17) is 0 Å². The Kier molecular flexibility index (Phi) is 4.66. The Morgan fingerprint density at radius 1 is 1.39 bits per heavy atom. The second-order valence-electron chi connectivity index (χ2n) is 4.24. The lowest BCUT2D eigenvalue weighted by Crippen LogP contribution is -2.20. The van der Waals surface area contributed by atoms with Gasteiger partial charge in [0, 0.05) is 18.4 Å². The molecule has 0 spiro atoms. The average molecular weight is 272 g/mol. The first-order valence-corrected chi connectivity index (χ1v) is 7.53. The number of benzene rings is 1. The molecule has 1 unspecified atom stereocenters. The van der Waals surface area contributed by atoms with E-state index in [1.54, 1.807) is 25.1 Å². The highest BCUT2D eigenvalue weighted by atomic mass is 32.2. The van der Waals surface area contributed by atoms with E-state index in [1.807, 2.05) is 0 Å². The molecule has 100 valence electrons. The molecule has 0 fully saturated rings. The first kappa shape index (κ1) is 14.4. The van der Waals surface area contributed by atoms with Crippen molar-refractivity contribution in [2.24, 2.45) is 0 Å². The highest BCUT2D eigenvalue weighted by Gasteiger charge is 2.15. The highest BCUT2D eigenvalue weighted by Crippen LogP contribution is 2.24. The van der Waals surface area contributed by atoms with E-state index in [-0.39, 0.29) is 17.5 Å². The minimum Gasteiger partial charge on any atom is -0.377 e. The van der Waals surface area contributed by atoms with E-state index < -0.39 is 14.8 Å². The fourth-order valence-corrected chi connectivity index (χ4v) is 2.27. The number of hydrogen-bond acceptors (Lipinski definition) is 5. The third kappa shape index (κ3) is 4.70. The van der Waals surface area contributed by atoms with Gasteiger partial charge in [0.15, 0.2) is 0 Å². The van der Waals surface area contributed by atoms with Gasteiger partial charge in [-0.25, -0.2) is 8.42 Å². The Balaban J connectivity index is 2.70. The fourth-order valence-electron chi connectivity index (χ4n) is 1.48. The van der Waals surface area contributed by atoms with Gasteiger partial charge in [0.05, 0.1) is 10.7 Å². The summed E-state index contributed by atoms with van der Waals surface area (Å²) >= 11 is 0. The Morgan fingerprint density at radius 2 is 2.00 bits per heavy atom. The van der Waals surface area contributed by atoms with E-state index in [9.17, 15) is 18.5 Å². The van der Waals surface area contributed by atoms with E-state index >= 15 is 0 Å². The lowest BCUT2D eigenvalue weighted by atomic mass is 10.2. The van der Waals surface area contributed by atoms with Crippen LogP contribution >= 0.6 is 0 Å². The van der Waals surface area contributed by atoms with Crippen molar-refractivity contribution in [3.8, 4) is 0 Å². The summed E-state index contributed by atoms with van der Waals surface area (Å²) in [6.45, 7) is 1.79. The van der Waals surface area contributed by atoms with Gasteiger partial charge in [0.2, 0.25) is 0 Å². The van der Waals surface area contributed by atoms with Crippen LogP contribution in [0.4, 0.5) is 11.4 Å².